The lowest BCUT2D eigenvalue weighted by Crippen LogP contribution is -2.38. The molecule has 0 bridgehead atoms. The number of aromatic nitrogens is 3. The predicted molar refractivity (Wildman–Crippen MR) is 145 cm³/mol. The molecule has 0 amide bonds. The van der Waals surface area contributed by atoms with E-state index in [1.807, 2.05) is 55.5 Å². The van der Waals surface area contributed by atoms with E-state index in [0.717, 1.165) is 53.4 Å². The van der Waals surface area contributed by atoms with Gasteiger partial charge in [-0.1, -0.05) is 30.3 Å². The summed E-state index contributed by atoms with van der Waals surface area (Å²) in [7, 11) is 0. The maximum absolute atomic E-state index is 14.4. The summed E-state index contributed by atoms with van der Waals surface area (Å²) in [5.41, 5.74) is 1.53. The summed E-state index contributed by atoms with van der Waals surface area (Å²) < 4.78 is 20.9. The van der Waals surface area contributed by atoms with Crippen LogP contribution in [-0.4, -0.2) is 45.5 Å². The van der Waals surface area contributed by atoms with E-state index >= 15 is 0 Å². The average Bonchev–Trinajstić information content (AvgIpc) is 3.70. The van der Waals surface area contributed by atoms with Gasteiger partial charge in [-0.15, -0.1) is 0 Å². The third-order valence-electron chi connectivity index (χ3n) is 7.37. The summed E-state index contributed by atoms with van der Waals surface area (Å²) in [6.07, 6.45) is 6.33. The van der Waals surface area contributed by atoms with Crippen molar-refractivity contribution < 1.29 is 13.9 Å². The number of carbonyl (C=O) groups is 1. The molecule has 0 spiro atoms. The molecule has 194 valence electrons. The second-order valence-electron chi connectivity index (χ2n) is 10.2. The van der Waals surface area contributed by atoms with E-state index in [-0.39, 0.29) is 18.2 Å². The van der Waals surface area contributed by atoms with Crippen molar-refractivity contribution in [1.29, 1.82) is 0 Å². The lowest BCUT2D eigenvalue weighted by molar-refractivity contribution is -0.124. The van der Waals surface area contributed by atoms with Gasteiger partial charge in [0, 0.05) is 36.8 Å². The molecule has 1 aliphatic heterocycles. The number of hydrogen-bond donors (Lipinski definition) is 2. The van der Waals surface area contributed by atoms with Crippen LogP contribution < -0.4 is 15.4 Å². The van der Waals surface area contributed by atoms with Gasteiger partial charge >= 0.3 is 0 Å². The van der Waals surface area contributed by atoms with Crippen molar-refractivity contribution in [2.75, 3.05) is 18.4 Å². The first-order valence-corrected chi connectivity index (χ1v) is 13.2. The van der Waals surface area contributed by atoms with Crippen LogP contribution in [0.25, 0.3) is 22.0 Å². The lowest BCUT2D eigenvalue weighted by Gasteiger charge is -2.23. The van der Waals surface area contributed by atoms with Gasteiger partial charge in [-0.3, -0.25) is 4.79 Å². The third-order valence-corrected chi connectivity index (χ3v) is 7.37. The van der Waals surface area contributed by atoms with Gasteiger partial charge in [0.1, 0.15) is 5.75 Å². The Balaban J connectivity index is 1.32. The van der Waals surface area contributed by atoms with Crippen LogP contribution in [0.3, 0.4) is 0 Å². The summed E-state index contributed by atoms with van der Waals surface area (Å²) in [6.45, 7) is 3.90. The number of alkyl halides is 1. The summed E-state index contributed by atoms with van der Waals surface area (Å²) in [6, 6.07) is 15.6. The largest absolute Gasteiger partial charge is 0.437 e. The third kappa shape index (κ3) is 4.96. The molecule has 8 heteroatoms. The van der Waals surface area contributed by atoms with Gasteiger partial charge < -0.3 is 15.4 Å². The van der Waals surface area contributed by atoms with Crippen LogP contribution in [0.15, 0.2) is 60.9 Å². The van der Waals surface area contributed by atoms with Gasteiger partial charge in [0.15, 0.2) is 11.5 Å². The molecule has 2 N–H and O–H groups in total. The van der Waals surface area contributed by atoms with E-state index in [9.17, 15) is 9.18 Å². The summed E-state index contributed by atoms with van der Waals surface area (Å²) in [4.78, 5) is 26.2. The Kier molecular flexibility index (Phi) is 6.49. The van der Waals surface area contributed by atoms with Gasteiger partial charge in [0.2, 0.25) is 11.8 Å². The zero-order valence-corrected chi connectivity index (χ0v) is 21.3. The molecule has 2 aromatic carbocycles. The first-order chi connectivity index (χ1) is 18.5. The zero-order valence-electron chi connectivity index (χ0n) is 21.3. The number of nitrogens with zero attached hydrogens (tertiary/aromatic N) is 3. The van der Waals surface area contributed by atoms with Crippen molar-refractivity contribution in [2.45, 2.75) is 50.7 Å². The monoisotopic (exact) mass is 511 g/mol. The number of piperidine rings is 1. The topological polar surface area (TPSA) is 89.0 Å². The molecule has 0 radical (unpaired) electrons. The highest BCUT2D eigenvalue weighted by molar-refractivity contribution is 5.98. The smallest absolute Gasteiger partial charge is 0.228 e. The van der Waals surface area contributed by atoms with Crippen molar-refractivity contribution in [1.82, 2.24) is 20.3 Å². The number of pyridine rings is 1. The number of aryl methyl sites for hydroxylation is 1. The Labute approximate surface area is 220 Å². The first kappa shape index (κ1) is 24.4. The summed E-state index contributed by atoms with van der Waals surface area (Å²) in [5, 5.41) is 8.55. The minimum Gasteiger partial charge on any atom is -0.437 e. The maximum atomic E-state index is 14.4. The first-order valence-electron chi connectivity index (χ1n) is 13.2. The van der Waals surface area contributed by atoms with Crippen molar-refractivity contribution >= 4 is 22.5 Å². The maximum Gasteiger partial charge on any atom is 0.228 e. The number of rotatable bonds is 8. The number of halogens is 1. The lowest BCUT2D eigenvalue weighted by atomic mass is 9.96. The molecule has 2 aliphatic rings. The van der Waals surface area contributed by atoms with E-state index in [2.05, 4.69) is 20.6 Å². The average molecular weight is 512 g/mol. The molecule has 38 heavy (non-hydrogen) atoms. The molecule has 4 aromatic rings. The van der Waals surface area contributed by atoms with Crippen molar-refractivity contribution in [3.8, 4) is 22.9 Å². The second-order valence-corrected chi connectivity index (χ2v) is 10.2. The highest BCUT2D eigenvalue weighted by Gasteiger charge is 2.49. The Bertz CT molecular complexity index is 1500. The van der Waals surface area contributed by atoms with Gasteiger partial charge in [0.05, 0.1) is 11.3 Å². The van der Waals surface area contributed by atoms with Gasteiger partial charge in [0.25, 0.3) is 0 Å². The van der Waals surface area contributed by atoms with Crippen LogP contribution in [0.1, 0.15) is 36.8 Å². The Hall–Kier alpha value is -3.91. The molecule has 1 atom stereocenters. The molecule has 0 unspecified atom stereocenters. The van der Waals surface area contributed by atoms with Crippen LogP contribution >= 0.6 is 0 Å². The Morgan fingerprint density at radius 1 is 1.11 bits per heavy atom. The fourth-order valence-corrected chi connectivity index (χ4v) is 5.01. The molecular formula is C30H30FN5O2. The number of nitrogens with one attached hydrogen (secondary N) is 2. The standard InChI is InChI=1S/C30H30FN5O2/c1-19-9-10-22-20(17-26(37)30(31)12-13-30)5-2-7-23(22)27(19)38-28-24(8-4-15-33-28)25-11-16-34-29(36-25)35-21-6-3-14-32-18-21/h2,4-5,7-11,15-16,21,32H,3,6,12-14,17-18H2,1H3,(H,34,35,36)/t21-/m0/s1. The molecule has 1 aliphatic carbocycles. The number of Topliss-reactive ketones (excluding diaryl/α,β-unsaturated/α-hetero) is 1. The molecule has 1 saturated carbocycles. The highest BCUT2D eigenvalue weighted by Crippen LogP contribution is 2.42. The Morgan fingerprint density at radius 3 is 2.82 bits per heavy atom. The van der Waals surface area contributed by atoms with Crippen LogP contribution in [0, 0.1) is 6.92 Å². The second kappa shape index (κ2) is 10.1. The molecule has 1 saturated heterocycles. The van der Waals surface area contributed by atoms with E-state index in [1.165, 1.54) is 0 Å². The number of ketones is 1. The van der Waals surface area contributed by atoms with E-state index in [1.54, 1.807) is 12.4 Å². The summed E-state index contributed by atoms with van der Waals surface area (Å²) >= 11 is 0. The Morgan fingerprint density at radius 2 is 2.00 bits per heavy atom. The van der Waals surface area contributed by atoms with Crippen LogP contribution in [-0.2, 0) is 11.2 Å². The molecule has 2 aromatic heterocycles. The molecule has 3 heterocycles. The van der Waals surface area contributed by atoms with E-state index in [4.69, 9.17) is 9.72 Å². The predicted octanol–water partition coefficient (Wildman–Crippen LogP) is 5.57. The number of ether oxygens (including phenoxy) is 1. The summed E-state index contributed by atoms with van der Waals surface area (Å²) in [5.74, 6) is 1.30. The number of anilines is 1. The SMILES string of the molecule is Cc1ccc2c(CC(=O)C3(F)CC3)cccc2c1Oc1ncccc1-c1ccnc(N[C@H]2CCCNC2)n1. The van der Waals surface area contributed by atoms with Crippen LogP contribution in [0.5, 0.6) is 11.6 Å². The minimum atomic E-state index is -1.65. The fourth-order valence-electron chi connectivity index (χ4n) is 5.01. The van der Waals surface area contributed by atoms with Crippen LogP contribution in [0.4, 0.5) is 10.3 Å². The molecule has 6 rings (SSSR count). The molecule has 2 fully saturated rings. The van der Waals surface area contributed by atoms with E-state index < -0.39 is 5.67 Å². The van der Waals surface area contributed by atoms with Gasteiger partial charge in [-0.2, -0.15) is 0 Å². The number of fused-ring (bicyclic) bond motifs is 1. The van der Waals surface area contributed by atoms with E-state index in [0.29, 0.717) is 36.1 Å². The normalized spacial score (nSPS) is 18.2. The fraction of sp³-hybridized carbons (Fsp3) is 0.333. The zero-order chi connectivity index (χ0) is 26.1. The van der Waals surface area contributed by atoms with Crippen LogP contribution in [0.2, 0.25) is 0 Å². The van der Waals surface area contributed by atoms with Crippen molar-refractivity contribution in [3.05, 3.63) is 72.1 Å². The van der Waals surface area contributed by atoms with Gasteiger partial charge in [-0.25, -0.2) is 19.3 Å². The number of carbonyl (C=O) groups excluding carboxylic acids is 1. The highest BCUT2D eigenvalue weighted by atomic mass is 19.1. The number of hydrogen-bond acceptors (Lipinski definition) is 7. The minimum absolute atomic E-state index is 0.0679. The van der Waals surface area contributed by atoms with Crippen molar-refractivity contribution in [2.24, 2.45) is 0 Å². The number of benzene rings is 2. The molecule has 7 nitrogen and oxygen atoms in total. The quantitative estimate of drug-likeness (QED) is 0.320. The molecular weight excluding hydrogens is 481 g/mol. The van der Waals surface area contributed by atoms with Crippen molar-refractivity contribution in [3.63, 3.8) is 0 Å². The van der Waals surface area contributed by atoms with Gasteiger partial charge in [-0.05, 0) is 73.9 Å².